The Balaban J connectivity index is 1.95. The lowest BCUT2D eigenvalue weighted by Gasteiger charge is -2.07. The summed E-state index contributed by atoms with van der Waals surface area (Å²) in [7, 11) is -3.42. The van der Waals surface area contributed by atoms with E-state index in [2.05, 4.69) is 21.3 Å². The van der Waals surface area contributed by atoms with Crippen LogP contribution in [0.15, 0.2) is 24.3 Å². The molecule has 0 heterocycles. The molecule has 0 amide bonds. The van der Waals surface area contributed by atoms with E-state index in [1.165, 1.54) is 0 Å². The molecule has 1 aromatic carbocycles. The lowest BCUT2D eigenvalue weighted by Crippen LogP contribution is -2.37. The first kappa shape index (κ1) is 14.0. The highest BCUT2D eigenvalue weighted by molar-refractivity contribution is 7.87. The van der Waals surface area contributed by atoms with E-state index in [9.17, 15) is 8.42 Å². The minimum Gasteiger partial charge on any atom is -0.384 e. The fourth-order valence-electron chi connectivity index (χ4n) is 1.54. The van der Waals surface area contributed by atoms with E-state index in [-0.39, 0.29) is 19.2 Å². The van der Waals surface area contributed by atoms with Gasteiger partial charge in [0.15, 0.2) is 0 Å². The Morgan fingerprint density at radius 2 is 2.16 bits per heavy atom. The van der Waals surface area contributed by atoms with Gasteiger partial charge >= 0.3 is 0 Å². The van der Waals surface area contributed by atoms with Crippen molar-refractivity contribution in [2.75, 3.05) is 6.61 Å². The Morgan fingerprint density at radius 1 is 1.37 bits per heavy atom. The number of rotatable bonds is 5. The third kappa shape index (κ3) is 5.01. The molecule has 0 radical (unpaired) electrons. The Hall–Kier alpha value is -1.39. The van der Waals surface area contributed by atoms with Crippen LogP contribution in [0.2, 0.25) is 0 Å². The summed E-state index contributed by atoms with van der Waals surface area (Å²) in [6.45, 7) is 0.0267. The molecule has 0 atom stereocenters. The summed E-state index contributed by atoms with van der Waals surface area (Å²) in [6, 6.07) is 7.33. The molecule has 2 rings (SSSR count). The molecule has 1 fully saturated rings. The van der Waals surface area contributed by atoms with Crippen molar-refractivity contribution >= 4 is 10.2 Å². The Morgan fingerprint density at radius 3 is 2.84 bits per heavy atom. The summed E-state index contributed by atoms with van der Waals surface area (Å²) in [4.78, 5) is 0. The number of nitrogens with one attached hydrogen (secondary N) is 2. The molecule has 5 nitrogen and oxygen atoms in total. The number of hydrogen-bond donors (Lipinski definition) is 3. The zero-order valence-corrected chi connectivity index (χ0v) is 11.2. The number of aliphatic hydroxyl groups excluding tert-OH is 1. The highest BCUT2D eigenvalue weighted by atomic mass is 32.2. The van der Waals surface area contributed by atoms with Crippen molar-refractivity contribution in [2.45, 2.75) is 25.4 Å². The van der Waals surface area contributed by atoms with Crippen LogP contribution in [0.5, 0.6) is 0 Å². The standard InChI is InChI=1S/C13H16N2O3S/c16-8-2-5-11-3-1-4-12(9-11)10-14-19(17,18)15-13-6-7-13/h1,3-4,9,13-16H,6-8,10H2. The summed E-state index contributed by atoms with van der Waals surface area (Å²) < 4.78 is 28.3. The maximum Gasteiger partial charge on any atom is 0.277 e. The summed E-state index contributed by atoms with van der Waals surface area (Å²) in [5, 5.41) is 8.62. The van der Waals surface area contributed by atoms with Gasteiger partial charge in [0.25, 0.3) is 10.2 Å². The average molecular weight is 280 g/mol. The molecule has 102 valence electrons. The fourth-order valence-corrected chi connectivity index (χ4v) is 2.66. The van der Waals surface area contributed by atoms with Crippen LogP contribution in [0.4, 0.5) is 0 Å². The van der Waals surface area contributed by atoms with Crippen molar-refractivity contribution in [3.05, 3.63) is 35.4 Å². The monoisotopic (exact) mass is 280 g/mol. The topological polar surface area (TPSA) is 78.4 Å². The van der Waals surface area contributed by atoms with Gasteiger partial charge in [0.05, 0.1) is 0 Å². The van der Waals surface area contributed by atoms with Crippen LogP contribution in [0.25, 0.3) is 0 Å². The van der Waals surface area contributed by atoms with Gasteiger partial charge < -0.3 is 5.11 Å². The van der Waals surface area contributed by atoms with Gasteiger partial charge in [-0.2, -0.15) is 17.9 Å². The van der Waals surface area contributed by atoms with Crippen LogP contribution < -0.4 is 9.44 Å². The second kappa shape index (κ2) is 6.17. The van der Waals surface area contributed by atoms with Crippen molar-refractivity contribution in [3.63, 3.8) is 0 Å². The van der Waals surface area contributed by atoms with Crippen molar-refractivity contribution in [1.29, 1.82) is 0 Å². The smallest absolute Gasteiger partial charge is 0.277 e. The van der Waals surface area contributed by atoms with E-state index in [1.54, 1.807) is 12.1 Å². The first-order valence-corrected chi connectivity index (χ1v) is 7.53. The Labute approximate surface area is 113 Å². The van der Waals surface area contributed by atoms with Gasteiger partial charge in [-0.25, -0.2) is 0 Å². The van der Waals surface area contributed by atoms with Crippen LogP contribution in [0.1, 0.15) is 24.0 Å². The van der Waals surface area contributed by atoms with Gasteiger partial charge in [-0.05, 0) is 30.5 Å². The van der Waals surface area contributed by atoms with E-state index < -0.39 is 10.2 Å². The quantitative estimate of drug-likeness (QED) is 0.670. The van der Waals surface area contributed by atoms with Crippen LogP contribution >= 0.6 is 0 Å². The number of hydrogen-bond acceptors (Lipinski definition) is 3. The molecule has 1 saturated carbocycles. The average Bonchev–Trinajstić information content (AvgIpc) is 3.18. The third-order valence-corrected chi connectivity index (χ3v) is 3.77. The fraction of sp³-hybridized carbons (Fsp3) is 0.385. The molecule has 3 N–H and O–H groups in total. The van der Waals surface area contributed by atoms with E-state index in [0.717, 1.165) is 24.0 Å². The predicted molar refractivity (Wildman–Crippen MR) is 72.3 cm³/mol. The number of benzene rings is 1. The predicted octanol–water partition coefficient (Wildman–Crippen LogP) is 0.117. The molecule has 0 aromatic heterocycles. The highest BCUT2D eigenvalue weighted by Gasteiger charge is 2.26. The SMILES string of the molecule is O=S(=O)(NCc1cccc(C#CCO)c1)NC1CC1. The van der Waals surface area contributed by atoms with E-state index in [0.29, 0.717) is 0 Å². The van der Waals surface area contributed by atoms with E-state index in [1.807, 2.05) is 12.1 Å². The molecule has 6 heteroatoms. The van der Waals surface area contributed by atoms with Crippen molar-refractivity contribution in [2.24, 2.45) is 0 Å². The Kier molecular flexibility index (Phi) is 4.56. The minimum atomic E-state index is -3.42. The molecule has 1 aliphatic rings. The molecule has 19 heavy (non-hydrogen) atoms. The first-order valence-electron chi connectivity index (χ1n) is 6.05. The normalized spacial score (nSPS) is 14.8. The summed E-state index contributed by atoms with van der Waals surface area (Å²) in [5.74, 6) is 5.33. The second-order valence-electron chi connectivity index (χ2n) is 4.38. The van der Waals surface area contributed by atoms with Crippen molar-refractivity contribution < 1.29 is 13.5 Å². The molecular formula is C13H16N2O3S. The van der Waals surface area contributed by atoms with Crippen molar-refractivity contribution in [1.82, 2.24) is 9.44 Å². The minimum absolute atomic E-state index is 0.0965. The van der Waals surface area contributed by atoms with Crippen LogP contribution in [0.3, 0.4) is 0 Å². The molecule has 1 aliphatic carbocycles. The van der Waals surface area contributed by atoms with Gasteiger partial charge in [-0.3, -0.25) is 0 Å². The Bertz CT molecular complexity index is 598. The molecule has 0 aliphatic heterocycles. The van der Waals surface area contributed by atoms with Gasteiger partial charge in [0.2, 0.25) is 0 Å². The lowest BCUT2D eigenvalue weighted by molar-refractivity contribution is 0.350. The lowest BCUT2D eigenvalue weighted by atomic mass is 10.1. The van der Waals surface area contributed by atoms with Gasteiger partial charge in [-0.1, -0.05) is 24.0 Å². The maximum absolute atomic E-state index is 11.6. The summed E-state index contributed by atoms with van der Waals surface area (Å²) in [6.07, 6.45) is 1.82. The van der Waals surface area contributed by atoms with E-state index >= 15 is 0 Å². The molecule has 0 bridgehead atoms. The maximum atomic E-state index is 11.6. The zero-order valence-electron chi connectivity index (χ0n) is 10.4. The van der Waals surface area contributed by atoms with Gasteiger partial charge in [0, 0.05) is 18.2 Å². The molecule has 1 aromatic rings. The largest absolute Gasteiger partial charge is 0.384 e. The molecule has 0 unspecified atom stereocenters. The molecule has 0 spiro atoms. The zero-order chi connectivity index (χ0) is 13.7. The first-order chi connectivity index (χ1) is 9.09. The number of aliphatic hydroxyl groups is 1. The summed E-state index contributed by atoms with van der Waals surface area (Å²) in [5.41, 5.74) is 1.58. The third-order valence-electron chi connectivity index (χ3n) is 2.60. The molecule has 0 saturated heterocycles. The van der Waals surface area contributed by atoms with E-state index in [4.69, 9.17) is 5.11 Å². The molecular weight excluding hydrogens is 264 g/mol. The highest BCUT2D eigenvalue weighted by Crippen LogP contribution is 2.19. The van der Waals surface area contributed by atoms with Crippen LogP contribution in [0, 0.1) is 11.8 Å². The second-order valence-corrected chi connectivity index (χ2v) is 5.91. The van der Waals surface area contributed by atoms with Crippen molar-refractivity contribution in [3.8, 4) is 11.8 Å². The van der Waals surface area contributed by atoms with Gasteiger partial charge in [0.1, 0.15) is 6.61 Å². The van der Waals surface area contributed by atoms with Crippen LogP contribution in [-0.2, 0) is 16.8 Å². The summed E-state index contributed by atoms with van der Waals surface area (Å²) >= 11 is 0. The van der Waals surface area contributed by atoms with Gasteiger partial charge in [-0.15, -0.1) is 0 Å². The van der Waals surface area contributed by atoms with Crippen LogP contribution in [-0.4, -0.2) is 26.2 Å².